The van der Waals surface area contributed by atoms with Crippen molar-refractivity contribution in [3.05, 3.63) is 39.2 Å². The van der Waals surface area contributed by atoms with Gasteiger partial charge >= 0.3 is 0 Å². The maximum absolute atomic E-state index is 13.0. The third kappa shape index (κ3) is 3.69. The highest BCUT2D eigenvalue weighted by Crippen LogP contribution is 2.58. The first-order chi connectivity index (χ1) is 11.7. The van der Waals surface area contributed by atoms with E-state index < -0.39 is 10.8 Å². The number of hydrogen-bond donors (Lipinski definition) is 0. The third-order valence-electron chi connectivity index (χ3n) is 6.35. The Bertz CT molecular complexity index is 715. The van der Waals surface area contributed by atoms with Crippen LogP contribution < -0.4 is 0 Å². The van der Waals surface area contributed by atoms with Crippen LogP contribution in [0.3, 0.4) is 0 Å². The second-order valence-corrected chi connectivity index (χ2v) is 12.1. The topological polar surface area (TPSA) is 17.1 Å². The van der Waals surface area contributed by atoms with Crippen molar-refractivity contribution in [1.82, 2.24) is 0 Å². The average molecular weight is 423 g/mol. The van der Waals surface area contributed by atoms with Crippen LogP contribution in [0.4, 0.5) is 0 Å². The predicted molar refractivity (Wildman–Crippen MR) is 113 cm³/mol. The van der Waals surface area contributed by atoms with E-state index in [0.717, 1.165) is 22.7 Å². The van der Waals surface area contributed by atoms with E-state index in [4.69, 9.17) is 0 Å². The minimum Gasteiger partial charge on any atom is -0.254 e. The summed E-state index contributed by atoms with van der Waals surface area (Å²) in [6.45, 7) is 11.0. The molecule has 0 saturated heterocycles. The smallest absolute Gasteiger partial charge is 0.0513 e. The van der Waals surface area contributed by atoms with Gasteiger partial charge < -0.3 is 0 Å². The van der Waals surface area contributed by atoms with E-state index in [-0.39, 0.29) is 10.2 Å². The van der Waals surface area contributed by atoms with Crippen LogP contribution in [0.25, 0.3) is 5.57 Å². The van der Waals surface area contributed by atoms with E-state index in [1.165, 1.54) is 42.4 Å². The van der Waals surface area contributed by atoms with Crippen molar-refractivity contribution in [1.29, 1.82) is 0 Å². The molecule has 0 aliphatic heterocycles. The van der Waals surface area contributed by atoms with Gasteiger partial charge in [0.1, 0.15) is 0 Å². The molecule has 0 unspecified atom stereocenters. The van der Waals surface area contributed by atoms with Crippen molar-refractivity contribution in [2.75, 3.05) is 0 Å². The normalized spacial score (nSPS) is 32.2. The fraction of sp³-hybridized carbons (Fsp3) is 0.636. The van der Waals surface area contributed by atoms with Gasteiger partial charge in [-0.25, -0.2) is 0 Å². The summed E-state index contributed by atoms with van der Waals surface area (Å²) >= 11 is 3.64. The molecule has 138 valence electrons. The Kier molecular flexibility index (Phi) is 5.39. The number of fused-ring (bicyclic) bond motifs is 1. The zero-order valence-corrected chi connectivity index (χ0v) is 18.6. The van der Waals surface area contributed by atoms with Crippen molar-refractivity contribution in [3.63, 3.8) is 0 Å². The van der Waals surface area contributed by atoms with Gasteiger partial charge in [0.15, 0.2) is 0 Å². The second kappa shape index (κ2) is 6.96. The third-order valence-corrected chi connectivity index (χ3v) is 8.50. The fourth-order valence-corrected chi connectivity index (χ4v) is 5.97. The molecule has 1 saturated carbocycles. The van der Waals surface area contributed by atoms with E-state index in [0.29, 0.717) is 0 Å². The number of allylic oxidation sites excluding steroid dienone is 1. The van der Waals surface area contributed by atoms with Gasteiger partial charge in [-0.05, 0) is 87.1 Å². The summed E-state index contributed by atoms with van der Waals surface area (Å²) in [5.74, 6) is 1.58. The molecule has 4 atom stereocenters. The molecule has 0 amide bonds. The molecule has 3 heteroatoms. The lowest BCUT2D eigenvalue weighted by Crippen LogP contribution is -2.33. The number of benzene rings is 1. The van der Waals surface area contributed by atoms with E-state index in [2.05, 4.69) is 74.2 Å². The Balaban J connectivity index is 2.09. The molecular formula is C22H31BrOS. The van der Waals surface area contributed by atoms with Crippen LogP contribution >= 0.6 is 15.9 Å². The first-order valence-electron chi connectivity index (χ1n) is 9.58. The van der Waals surface area contributed by atoms with Crippen molar-refractivity contribution in [2.24, 2.45) is 17.3 Å². The minimum atomic E-state index is -0.968. The van der Waals surface area contributed by atoms with Crippen LogP contribution in [0.15, 0.2) is 28.1 Å². The Hall–Kier alpha value is -0.410. The highest BCUT2D eigenvalue weighted by Gasteiger charge is 2.46. The Morgan fingerprint density at radius 2 is 2.08 bits per heavy atom. The Morgan fingerprint density at radius 3 is 2.72 bits per heavy atom. The van der Waals surface area contributed by atoms with Gasteiger partial charge in [-0.1, -0.05) is 42.3 Å². The molecular weight excluding hydrogens is 392 g/mol. The molecule has 2 aliphatic rings. The van der Waals surface area contributed by atoms with Crippen molar-refractivity contribution >= 4 is 32.3 Å². The zero-order chi connectivity index (χ0) is 18.4. The van der Waals surface area contributed by atoms with Crippen LogP contribution in [0.2, 0.25) is 0 Å². The van der Waals surface area contributed by atoms with Crippen LogP contribution in [-0.4, -0.2) is 8.96 Å². The van der Waals surface area contributed by atoms with Gasteiger partial charge in [0.05, 0.1) is 10.8 Å². The molecule has 1 aromatic carbocycles. The molecule has 3 rings (SSSR count). The van der Waals surface area contributed by atoms with Crippen LogP contribution in [0.5, 0.6) is 0 Å². The molecule has 0 bridgehead atoms. The first-order valence-corrected chi connectivity index (χ1v) is 11.6. The number of hydrogen-bond acceptors (Lipinski definition) is 1. The molecule has 1 aromatic rings. The average Bonchev–Trinajstić information content (AvgIpc) is 2.82. The van der Waals surface area contributed by atoms with Gasteiger partial charge in [0.25, 0.3) is 0 Å². The van der Waals surface area contributed by atoms with E-state index >= 15 is 0 Å². The van der Waals surface area contributed by atoms with Gasteiger partial charge in [0.2, 0.25) is 0 Å². The Morgan fingerprint density at radius 1 is 1.36 bits per heavy atom. The molecule has 0 heterocycles. The second-order valence-electron chi connectivity index (χ2n) is 9.09. The van der Waals surface area contributed by atoms with E-state index in [1.807, 2.05) is 0 Å². The SMILES string of the molecule is CC[C@H]1C[C@@]2(CC[C@@H]1C)Cc1ccc(Br)cc1/C2=C/[S@@](=O)C(C)(C)C. The van der Waals surface area contributed by atoms with E-state index in [1.54, 1.807) is 0 Å². The molecule has 0 aromatic heterocycles. The summed E-state index contributed by atoms with van der Waals surface area (Å²) in [5.41, 5.74) is 4.32. The summed E-state index contributed by atoms with van der Waals surface area (Å²) < 4.78 is 13.9. The lowest BCUT2D eigenvalue weighted by Gasteiger charge is -2.43. The highest BCUT2D eigenvalue weighted by molar-refractivity contribution is 9.10. The number of rotatable bonds is 2. The number of halogens is 1. The van der Waals surface area contributed by atoms with E-state index in [9.17, 15) is 4.21 Å². The summed E-state index contributed by atoms with van der Waals surface area (Å²) in [6, 6.07) is 6.66. The van der Waals surface area contributed by atoms with Crippen LogP contribution in [-0.2, 0) is 17.2 Å². The Labute approximate surface area is 164 Å². The maximum atomic E-state index is 13.0. The summed E-state index contributed by atoms with van der Waals surface area (Å²) in [4.78, 5) is 0. The van der Waals surface area contributed by atoms with Crippen molar-refractivity contribution < 1.29 is 4.21 Å². The summed E-state index contributed by atoms with van der Waals surface area (Å²) in [6.07, 6.45) is 6.12. The molecule has 0 N–H and O–H groups in total. The largest absolute Gasteiger partial charge is 0.254 e. The van der Waals surface area contributed by atoms with Gasteiger partial charge in [-0.3, -0.25) is 4.21 Å². The van der Waals surface area contributed by atoms with Gasteiger partial charge in [0, 0.05) is 20.0 Å². The van der Waals surface area contributed by atoms with Gasteiger partial charge in [-0.2, -0.15) is 0 Å². The molecule has 1 nitrogen and oxygen atoms in total. The van der Waals surface area contributed by atoms with Crippen LogP contribution in [0.1, 0.15) is 71.4 Å². The monoisotopic (exact) mass is 422 g/mol. The maximum Gasteiger partial charge on any atom is 0.0513 e. The highest BCUT2D eigenvalue weighted by atomic mass is 79.9. The minimum absolute atomic E-state index is 0.192. The molecule has 0 radical (unpaired) electrons. The molecule has 2 aliphatic carbocycles. The summed E-state index contributed by atoms with van der Waals surface area (Å²) in [5, 5.41) is 2.11. The standard InChI is InChI=1S/C22H31BrOS/c1-6-16-12-22(10-9-15(16)2)13-17-7-8-18(23)11-19(17)20(22)14-25(24)21(3,4)5/h7-8,11,14-16H,6,9-10,12-13H2,1-5H3/b20-14-/t15-,16-,22-,25+/m0/s1. The van der Waals surface area contributed by atoms with Crippen molar-refractivity contribution in [3.8, 4) is 0 Å². The first kappa shape index (κ1) is 19.4. The van der Waals surface area contributed by atoms with Crippen LogP contribution in [0, 0.1) is 17.3 Å². The molecule has 1 spiro atoms. The molecule has 25 heavy (non-hydrogen) atoms. The lowest BCUT2D eigenvalue weighted by molar-refractivity contribution is 0.145. The predicted octanol–water partition coefficient (Wildman–Crippen LogP) is 6.73. The fourth-order valence-electron chi connectivity index (χ4n) is 4.67. The quantitative estimate of drug-likeness (QED) is 0.516. The van der Waals surface area contributed by atoms with Crippen molar-refractivity contribution in [2.45, 2.75) is 71.5 Å². The zero-order valence-electron chi connectivity index (χ0n) is 16.2. The van der Waals surface area contributed by atoms with Gasteiger partial charge in [-0.15, -0.1) is 0 Å². The lowest BCUT2D eigenvalue weighted by atomic mass is 9.62. The summed E-state index contributed by atoms with van der Waals surface area (Å²) in [7, 11) is -0.968. The molecule has 1 fully saturated rings.